The number of urea groups is 1. The van der Waals surface area contributed by atoms with Crippen LogP contribution in [0.2, 0.25) is 0 Å². The van der Waals surface area contributed by atoms with Gasteiger partial charge in [0.1, 0.15) is 11.9 Å². The molecular weight excluding hydrogens is 566 g/mol. The lowest BCUT2D eigenvalue weighted by molar-refractivity contribution is -0.202. The van der Waals surface area contributed by atoms with Crippen molar-refractivity contribution in [2.75, 3.05) is 57.2 Å². The normalized spacial score (nSPS) is 16.1. The van der Waals surface area contributed by atoms with E-state index in [0.29, 0.717) is 61.3 Å². The van der Waals surface area contributed by atoms with Crippen LogP contribution < -0.4 is 20.9 Å². The highest BCUT2D eigenvalue weighted by atomic mass is 16.7. The number of carbonyl (C=O) groups excluding carboxylic acids is 3. The lowest BCUT2D eigenvalue weighted by Gasteiger charge is -2.35. The third kappa shape index (κ3) is 6.16. The first-order valence-electron chi connectivity index (χ1n) is 14.4. The third-order valence-electron chi connectivity index (χ3n) is 7.14. The minimum Gasteiger partial charge on any atom is -0.378 e. The van der Waals surface area contributed by atoms with Gasteiger partial charge in [-0.15, -0.1) is 0 Å². The number of nitrogens with one attached hydrogen (secondary N) is 3. The van der Waals surface area contributed by atoms with Gasteiger partial charge in [-0.3, -0.25) is 14.4 Å². The summed E-state index contributed by atoms with van der Waals surface area (Å²) in [6.07, 6.45) is 1.74. The third-order valence-corrected chi connectivity index (χ3v) is 7.14. The molecule has 2 aromatic heterocycles. The molecule has 4 heterocycles. The van der Waals surface area contributed by atoms with Crippen LogP contribution in [0.4, 0.5) is 16.3 Å². The van der Waals surface area contributed by atoms with Crippen molar-refractivity contribution in [1.29, 1.82) is 0 Å². The first kappa shape index (κ1) is 30.4. The molecule has 3 N–H and O–H groups in total. The number of anilines is 2. The Labute approximate surface area is 254 Å². The average molecular weight is 602 g/mol. The van der Waals surface area contributed by atoms with Crippen LogP contribution in [0.25, 0.3) is 28.1 Å². The predicted molar refractivity (Wildman–Crippen MR) is 165 cm³/mol. The molecule has 4 aromatic rings. The van der Waals surface area contributed by atoms with Crippen LogP contribution in [0.1, 0.15) is 24.2 Å². The second-order valence-corrected chi connectivity index (χ2v) is 9.70. The van der Waals surface area contributed by atoms with Gasteiger partial charge in [-0.25, -0.2) is 24.5 Å². The number of morpholine rings is 1. The fraction of sp³-hybridized carbons (Fsp3) is 0.333. The van der Waals surface area contributed by atoms with Gasteiger partial charge in [0, 0.05) is 37.0 Å². The molecule has 0 saturated carbocycles. The minimum atomic E-state index is -0.602. The zero-order valence-corrected chi connectivity index (χ0v) is 25.0. The van der Waals surface area contributed by atoms with Crippen molar-refractivity contribution >= 4 is 40.4 Å². The van der Waals surface area contributed by atoms with Crippen molar-refractivity contribution in [3.05, 3.63) is 60.3 Å². The van der Waals surface area contributed by atoms with Crippen molar-refractivity contribution in [2.24, 2.45) is 0 Å². The molecule has 44 heavy (non-hydrogen) atoms. The number of nitrogens with zero attached hydrogens (tertiary/aromatic N) is 6. The van der Waals surface area contributed by atoms with Gasteiger partial charge >= 0.3 is 6.03 Å². The van der Waals surface area contributed by atoms with E-state index in [2.05, 4.69) is 25.9 Å². The number of rotatable bonds is 7. The fourth-order valence-corrected chi connectivity index (χ4v) is 4.79. The summed E-state index contributed by atoms with van der Waals surface area (Å²) in [6.45, 7) is 6.85. The molecule has 6 rings (SSSR count). The van der Waals surface area contributed by atoms with Crippen LogP contribution >= 0.6 is 0 Å². The Morgan fingerprint density at radius 3 is 2.34 bits per heavy atom. The van der Waals surface area contributed by atoms with Crippen molar-refractivity contribution < 1.29 is 24.0 Å². The number of carbonyl (C=O) groups is 3. The van der Waals surface area contributed by atoms with E-state index >= 15 is 0 Å². The van der Waals surface area contributed by atoms with Crippen LogP contribution in [0.15, 0.2) is 54.7 Å². The molecule has 2 saturated heterocycles. The second-order valence-electron chi connectivity index (χ2n) is 9.70. The van der Waals surface area contributed by atoms with E-state index in [1.54, 1.807) is 54.3 Å². The highest BCUT2D eigenvalue weighted by Gasteiger charge is 2.38. The summed E-state index contributed by atoms with van der Waals surface area (Å²) < 4.78 is 7.26. The zero-order valence-electron chi connectivity index (χ0n) is 25.0. The molecule has 0 radical (unpaired) electrons. The maximum atomic E-state index is 12.7. The van der Waals surface area contributed by atoms with Crippen molar-refractivity contribution in [3.63, 3.8) is 0 Å². The van der Waals surface area contributed by atoms with Gasteiger partial charge in [-0.1, -0.05) is 13.8 Å². The summed E-state index contributed by atoms with van der Waals surface area (Å²) in [4.78, 5) is 53.2. The topological polar surface area (TPSA) is 156 Å². The fourth-order valence-electron chi connectivity index (χ4n) is 4.79. The molecule has 14 nitrogen and oxygen atoms in total. The number of benzene rings is 2. The van der Waals surface area contributed by atoms with Gasteiger partial charge in [0.2, 0.25) is 0 Å². The van der Waals surface area contributed by atoms with E-state index in [9.17, 15) is 14.4 Å². The largest absolute Gasteiger partial charge is 0.378 e. The van der Waals surface area contributed by atoms with Crippen LogP contribution in [-0.4, -0.2) is 95.7 Å². The number of amides is 4. The molecule has 2 aliphatic rings. The van der Waals surface area contributed by atoms with Crippen LogP contribution in [-0.2, 0) is 14.4 Å². The van der Waals surface area contributed by atoms with E-state index in [1.165, 1.54) is 12.2 Å². The smallest absolute Gasteiger partial charge is 0.318 e. The first-order valence-corrected chi connectivity index (χ1v) is 14.4. The summed E-state index contributed by atoms with van der Waals surface area (Å²) in [6, 6.07) is 13.3. The van der Waals surface area contributed by atoms with Crippen molar-refractivity contribution in [3.8, 4) is 17.1 Å². The molecular formula is C30H35N9O5. The summed E-state index contributed by atoms with van der Waals surface area (Å²) in [5, 5.41) is 14.6. The number of β-lactam (4-membered cyclic amide) rings is 1. The second kappa shape index (κ2) is 13.5. The zero-order chi connectivity index (χ0) is 31.2. The highest BCUT2D eigenvalue weighted by molar-refractivity contribution is 5.99. The van der Waals surface area contributed by atoms with E-state index < -0.39 is 6.04 Å². The molecule has 1 atom stereocenters. The Balaban J connectivity index is 0.00000188. The maximum absolute atomic E-state index is 12.7. The predicted octanol–water partition coefficient (Wildman–Crippen LogP) is 2.60. The van der Waals surface area contributed by atoms with Crippen LogP contribution in [0, 0.1) is 0 Å². The first-order chi connectivity index (χ1) is 21.4. The number of hydrogen-bond donors (Lipinski definition) is 3. The number of ether oxygens (including phenoxy) is 1. The van der Waals surface area contributed by atoms with Crippen molar-refractivity contribution in [1.82, 2.24) is 35.4 Å². The number of aromatic nitrogens is 4. The Bertz CT molecular complexity index is 1630. The Morgan fingerprint density at radius 2 is 1.70 bits per heavy atom. The maximum Gasteiger partial charge on any atom is 0.318 e. The van der Waals surface area contributed by atoms with Gasteiger partial charge in [-0.05, 0) is 48.5 Å². The quantitative estimate of drug-likeness (QED) is 0.271. The molecule has 230 valence electrons. The van der Waals surface area contributed by atoms with Crippen LogP contribution in [0.5, 0.6) is 0 Å². The Morgan fingerprint density at radius 1 is 1.00 bits per heavy atom. The van der Waals surface area contributed by atoms with E-state index in [-0.39, 0.29) is 17.8 Å². The number of fused-ring (bicyclic) bond motifs is 1. The van der Waals surface area contributed by atoms with Gasteiger partial charge in [0.05, 0.1) is 44.1 Å². The SMILES string of the molecule is CC.CNC(=O)Nc1ccc(-c2nc(N3CCOCC3)c3cnn(-c4ccc(C(=O)NC5CN(OC)C5=O)cc4)c3n2)cc1. The standard InChI is InChI=1S/C28H29N9O5.C2H6/c1-29-28(40)31-19-7-3-17(4-8-19)23-33-24(35-11-13-42-14-12-35)21-15-30-37(25(21)34-23)20-9-5-18(6-10-20)26(38)32-22-16-36(41-2)27(22)39;1-2/h3-10,15,22H,11-14,16H2,1-2H3,(H,32,38)(H2,29,31,40);1-2H3. The Kier molecular flexibility index (Phi) is 9.31. The molecule has 4 amide bonds. The molecule has 14 heteroatoms. The number of hydrogen-bond acceptors (Lipinski definition) is 9. The molecule has 0 spiro atoms. The lowest BCUT2D eigenvalue weighted by Crippen LogP contribution is -2.63. The molecule has 2 aliphatic heterocycles. The molecule has 0 bridgehead atoms. The van der Waals surface area contributed by atoms with E-state index in [0.717, 1.165) is 16.8 Å². The summed E-state index contributed by atoms with van der Waals surface area (Å²) in [5.74, 6) is 0.621. The van der Waals surface area contributed by atoms with Gasteiger partial charge in [0.15, 0.2) is 11.5 Å². The highest BCUT2D eigenvalue weighted by Crippen LogP contribution is 2.30. The van der Waals surface area contributed by atoms with Gasteiger partial charge in [0.25, 0.3) is 11.8 Å². The summed E-state index contributed by atoms with van der Waals surface area (Å²) in [7, 11) is 2.97. The summed E-state index contributed by atoms with van der Waals surface area (Å²) >= 11 is 0. The van der Waals surface area contributed by atoms with Crippen LogP contribution in [0.3, 0.4) is 0 Å². The van der Waals surface area contributed by atoms with Crippen molar-refractivity contribution in [2.45, 2.75) is 19.9 Å². The lowest BCUT2D eigenvalue weighted by atomic mass is 10.1. The molecule has 1 unspecified atom stereocenters. The van der Waals surface area contributed by atoms with Gasteiger partial charge in [-0.2, -0.15) is 5.10 Å². The molecule has 0 aliphatic carbocycles. The molecule has 2 aromatic carbocycles. The average Bonchev–Trinajstić information content (AvgIpc) is 3.51. The monoisotopic (exact) mass is 601 g/mol. The minimum absolute atomic E-state index is 0.283. The summed E-state index contributed by atoms with van der Waals surface area (Å²) in [5.41, 5.74) is 3.12. The van der Waals surface area contributed by atoms with E-state index in [4.69, 9.17) is 19.5 Å². The molecule has 2 fully saturated rings. The van der Waals surface area contributed by atoms with Gasteiger partial charge < -0.3 is 25.6 Å². The number of hydroxylamine groups is 2. The van der Waals surface area contributed by atoms with E-state index in [1.807, 2.05) is 26.0 Å². The Hall–Kier alpha value is -5.08.